The van der Waals surface area contributed by atoms with Crippen LogP contribution in [0.3, 0.4) is 0 Å². The number of nitrogens with two attached hydrogens (primary N) is 1. The van der Waals surface area contributed by atoms with Gasteiger partial charge in [0.2, 0.25) is 0 Å². The van der Waals surface area contributed by atoms with E-state index < -0.39 is 0 Å². The van der Waals surface area contributed by atoms with Crippen LogP contribution in [0.4, 0.5) is 5.82 Å². The van der Waals surface area contributed by atoms with Crippen molar-refractivity contribution in [2.45, 2.75) is 19.6 Å². The number of anilines is 1. The van der Waals surface area contributed by atoms with E-state index in [1.807, 2.05) is 28.8 Å². The van der Waals surface area contributed by atoms with Gasteiger partial charge in [0.15, 0.2) is 11.5 Å². The highest BCUT2D eigenvalue weighted by molar-refractivity contribution is 6.42. The number of nitrogens with one attached hydrogen (secondary N) is 2. The molecule has 0 fully saturated rings. The SMILES string of the molecule is Nc1ncnc2c1ncn2Cc1cc(Cl)cc2cc(CNCc3ccc(Cl)c(Cl)c3)[nH]c12. The van der Waals surface area contributed by atoms with Crippen LogP contribution in [-0.4, -0.2) is 24.5 Å². The highest BCUT2D eigenvalue weighted by Crippen LogP contribution is 2.27. The minimum Gasteiger partial charge on any atom is -0.382 e. The number of H-pyrrole nitrogens is 1. The van der Waals surface area contributed by atoms with Gasteiger partial charge < -0.3 is 20.6 Å². The molecule has 0 saturated carbocycles. The van der Waals surface area contributed by atoms with E-state index in [0.717, 1.165) is 27.7 Å². The fourth-order valence-electron chi connectivity index (χ4n) is 3.75. The molecule has 0 atom stereocenters. The number of nitrogens with zero attached hydrogens (tertiary/aromatic N) is 4. The molecule has 32 heavy (non-hydrogen) atoms. The summed E-state index contributed by atoms with van der Waals surface area (Å²) in [6, 6.07) is 11.6. The average molecular weight is 487 g/mol. The van der Waals surface area contributed by atoms with Gasteiger partial charge >= 0.3 is 0 Å². The summed E-state index contributed by atoms with van der Waals surface area (Å²) in [5.74, 6) is 0.361. The number of hydrogen-bond acceptors (Lipinski definition) is 5. The molecule has 3 heterocycles. The Balaban J connectivity index is 1.38. The van der Waals surface area contributed by atoms with Crippen LogP contribution in [-0.2, 0) is 19.6 Å². The Hall–Kier alpha value is -2.84. The van der Waals surface area contributed by atoms with Crippen molar-refractivity contribution < 1.29 is 0 Å². The molecule has 0 aliphatic rings. The molecule has 162 valence electrons. The number of benzene rings is 2. The van der Waals surface area contributed by atoms with E-state index in [9.17, 15) is 0 Å². The topological polar surface area (TPSA) is 97.4 Å². The van der Waals surface area contributed by atoms with Gasteiger partial charge in [-0.3, -0.25) is 0 Å². The van der Waals surface area contributed by atoms with Crippen molar-refractivity contribution in [2.24, 2.45) is 0 Å². The first-order chi connectivity index (χ1) is 15.5. The molecule has 0 radical (unpaired) electrons. The van der Waals surface area contributed by atoms with Gasteiger partial charge in [-0.15, -0.1) is 0 Å². The second-order valence-electron chi connectivity index (χ2n) is 7.48. The molecule has 0 unspecified atom stereocenters. The second kappa shape index (κ2) is 8.60. The van der Waals surface area contributed by atoms with Gasteiger partial charge in [0.1, 0.15) is 11.8 Å². The lowest BCUT2D eigenvalue weighted by Crippen LogP contribution is -2.12. The Morgan fingerprint density at radius 1 is 0.969 bits per heavy atom. The predicted molar refractivity (Wildman–Crippen MR) is 129 cm³/mol. The molecule has 5 rings (SSSR count). The summed E-state index contributed by atoms with van der Waals surface area (Å²) >= 11 is 18.5. The zero-order valence-corrected chi connectivity index (χ0v) is 19.0. The summed E-state index contributed by atoms with van der Waals surface area (Å²) < 4.78 is 1.93. The fraction of sp³-hybridized carbons (Fsp3) is 0.136. The number of halogens is 3. The molecule has 3 aromatic heterocycles. The molecular weight excluding hydrogens is 469 g/mol. The quantitative estimate of drug-likeness (QED) is 0.307. The van der Waals surface area contributed by atoms with Gasteiger partial charge in [0.25, 0.3) is 0 Å². The third-order valence-corrected chi connectivity index (χ3v) is 6.19. The Morgan fingerprint density at radius 2 is 1.84 bits per heavy atom. The van der Waals surface area contributed by atoms with E-state index in [-0.39, 0.29) is 0 Å². The van der Waals surface area contributed by atoms with Crippen molar-refractivity contribution in [1.82, 2.24) is 29.8 Å². The molecule has 0 aliphatic carbocycles. The lowest BCUT2D eigenvalue weighted by Gasteiger charge is -2.07. The standard InChI is InChI=1S/C22H18Cl3N7/c23-15-4-13-6-16(8-27-7-12-1-2-17(24)18(25)3-12)31-19(13)14(5-15)9-32-11-30-20-21(26)28-10-29-22(20)32/h1-6,10-11,27,31H,7-9H2,(H2,26,28,29). The second-order valence-corrected chi connectivity index (χ2v) is 8.73. The summed E-state index contributed by atoms with van der Waals surface area (Å²) in [5, 5.41) is 6.23. The smallest absolute Gasteiger partial charge is 0.165 e. The van der Waals surface area contributed by atoms with Crippen LogP contribution in [0, 0.1) is 0 Å². The lowest BCUT2D eigenvalue weighted by molar-refractivity contribution is 0.683. The van der Waals surface area contributed by atoms with E-state index in [0.29, 0.717) is 51.7 Å². The number of aromatic amines is 1. The maximum Gasteiger partial charge on any atom is 0.165 e. The molecule has 7 nitrogen and oxygen atoms in total. The van der Waals surface area contributed by atoms with Gasteiger partial charge in [-0.2, -0.15) is 0 Å². The molecule has 5 aromatic rings. The summed E-state index contributed by atoms with van der Waals surface area (Å²) in [5.41, 5.74) is 11.3. The Morgan fingerprint density at radius 3 is 2.69 bits per heavy atom. The first-order valence-electron chi connectivity index (χ1n) is 9.84. The third-order valence-electron chi connectivity index (χ3n) is 5.23. The van der Waals surface area contributed by atoms with E-state index in [4.69, 9.17) is 40.5 Å². The molecular formula is C22H18Cl3N7. The summed E-state index contributed by atoms with van der Waals surface area (Å²) in [6.45, 7) is 1.87. The molecule has 10 heteroatoms. The molecule has 0 spiro atoms. The van der Waals surface area contributed by atoms with E-state index >= 15 is 0 Å². The Bertz CT molecular complexity index is 1440. The van der Waals surface area contributed by atoms with Gasteiger partial charge in [0, 0.05) is 29.2 Å². The fourth-order valence-corrected chi connectivity index (χ4v) is 4.32. The van der Waals surface area contributed by atoms with Crippen LogP contribution in [0.15, 0.2) is 49.1 Å². The zero-order valence-electron chi connectivity index (χ0n) is 16.7. The van der Waals surface area contributed by atoms with E-state index in [2.05, 4.69) is 31.3 Å². The maximum absolute atomic E-state index is 6.41. The highest BCUT2D eigenvalue weighted by atomic mass is 35.5. The van der Waals surface area contributed by atoms with Gasteiger partial charge in [-0.25, -0.2) is 15.0 Å². The Kier molecular flexibility index (Phi) is 5.65. The normalized spacial score (nSPS) is 11.6. The van der Waals surface area contributed by atoms with Crippen LogP contribution < -0.4 is 11.1 Å². The lowest BCUT2D eigenvalue weighted by atomic mass is 10.1. The van der Waals surface area contributed by atoms with Gasteiger partial charge in [0.05, 0.1) is 28.4 Å². The van der Waals surface area contributed by atoms with Crippen LogP contribution in [0.5, 0.6) is 0 Å². The summed E-state index contributed by atoms with van der Waals surface area (Å²) in [4.78, 5) is 16.2. The van der Waals surface area contributed by atoms with E-state index in [1.165, 1.54) is 6.33 Å². The minimum absolute atomic E-state index is 0.361. The van der Waals surface area contributed by atoms with Crippen LogP contribution >= 0.6 is 34.8 Å². The number of rotatable bonds is 6. The number of fused-ring (bicyclic) bond motifs is 2. The highest BCUT2D eigenvalue weighted by Gasteiger charge is 2.12. The average Bonchev–Trinajstić information content (AvgIpc) is 3.35. The monoisotopic (exact) mass is 485 g/mol. The van der Waals surface area contributed by atoms with Crippen molar-refractivity contribution in [2.75, 3.05) is 5.73 Å². The molecule has 0 aliphatic heterocycles. The minimum atomic E-state index is 0.361. The largest absolute Gasteiger partial charge is 0.382 e. The third kappa shape index (κ3) is 4.12. The van der Waals surface area contributed by atoms with Gasteiger partial charge in [-0.05, 0) is 41.5 Å². The zero-order chi connectivity index (χ0) is 22.2. The van der Waals surface area contributed by atoms with Crippen molar-refractivity contribution in [3.63, 3.8) is 0 Å². The Labute approximate surface area is 198 Å². The van der Waals surface area contributed by atoms with Crippen LogP contribution in [0.25, 0.3) is 22.1 Å². The number of nitrogen functional groups attached to an aromatic ring is 1. The number of aromatic nitrogens is 5. The number of imidazole rings is 1. The first kappa shape index (κ1) is 21.0. The van der Waals surface area contributed by atoms with Crippen LogP contribution in [0.1, 0.15) is 16.8 Å². The van der Waals surface area contributed by atoms with Crippen LogP contribution in [0.2, 0.25) is 15.1 Å². The molecule has 0 amide bonds. The number of hydrogen-bond donors (Lipinski definition) is 3. The maximum atomic E-state index is 6.41. The van der Waals surface area contributed by atoms with Crippen molar-refractivity contribution in [3.8, 4) is 0 Å². The van der Waals surface area contributed by atoms with Crippen molar-refractivity contribution >= 4 is 62.7 Å². The first-order valence-corrected chi connectivity index (χ1v) is 11.0. The van der Waals surface area contributed by atoms with Crippen molar-refractivity contribution in [3.05, 3.63) is 80.9 Å². The predicted octanol–water partition coefficient (Wildman–Crippen LogP) is 5.19. The molecule has 2 aromatic carbocycles. The molecule has 0 bridgehead atoms. The summed E-state index contributed by atoms with van der Waals surface area (Å²) in [6.07, 6.45) is 3.15. The molecule has 0 saturated heterocycles. The van der Waals surface area contributed by atoms with Crippen molar-refractivity contribution in [1.29, 1.82) is 0 Å². The van der Waals surface area contributed by atoms with Gasteiger partial charge in [-0.1, -0.05) is 40.9 Å². The van der Waals surface area contributed by atoms with E-state index in [1.54, 1.807) is 12.4 Å². The molecule has 4 N–H and O–H groups in total. The summed E-state index contributed by atoms with van der Waals surface area (Å²) in [7, 11) is 0.